The summed E-state index contributed by atoms with van der Waals surface area (Å²) in [6, 6.07) is 15.6. The summed E-state index contributed by atoms with van der Waals surface area (Å²) in [6.07, 6.45) is 1.63. The van der Waals surface area contributed by atoms with Gasteiger partial charge in [-0.15, -0.1) is 0 Å². The summed E-state index contributed by atoms with van der Waals surface area (Å²) in [7, 11) is 0. The second kappa shape index (κ2) is 9.28. The first kappa shape index (κ1) is 22.1. The number of benzene rings is 2. The minimum atomic E-state index is -0.457. The Morgan fingerprint density at radius 2 is 1.91 bits per heavy atom. The van der Waals surface area contributed by atoms with E-state index in [1.54, 1.807) is 54.6 Å². The van der Waals surface area contributed by atoms with Crippen molar-refractivity contribution < 1.29 is 28.3 Å². The van der Waals surface area contributed by atoms with Crippen LogP contribution in [-0.2, 0) is 4.79 Å². The van der Waals surface area contributed by atoms with Crippen LogP contribution in [0.25, 0.3) is 17.4 Å². The van der Waals surface area contributed by atoms with Crippen molar-refractivity contribution in [2.24, 2.45) is 0 Å². The Kier molecular flexibility index (Phi) is 6.04. The molecule has 3 heterocycles. The van der Waals surface area contributed by atoms with Crippen molar-refractivity contribution >= 4 is 46.5 Å². The molecule has 172 valence electrons. The third-order valence-electron chi connectivity index (χ3n) is 5.16. The van der Waals surface area contributed by atoms with Crippen LogP contribution in [0.3, 0.4) is 0 Å². The second-order valence-electron chi connectivity index (χ2n) is 7.35. The van der Waals surface area contributed by atoms with Crippen LogP contribution < -0.4 is 14.8 Å². The fourth-order valence-electron chi connectivity index (χ4n) is 3.48. The first-order valence-electron chi connectivity index (χ1n) is 10.3. The van der Waals surface area contributed by atoms with Crippen LogP contribution in [0.4, 0.5) is 4.79 Å². The predicted molar refractivity (Wildman–Crippen MR) is 127 cm³/mol. The van der Waals surface area contributed by atoms with Gasteiger partial charge in [-0.25, -0.2) is 0 Å². The Labute approximate surface area is 203 Å². The highest BCUT2D eigenvalue weighted by atomic mass is 35.5. The molecule has 0 radical (unpaired) electrons. The fourth-order valence-corrected chi connectivity index (χ4v) is 4.58. The predicted octanol–water partition coefficient (Wildman–Crippen LogP) is 4.80. The number of nitrogens with zero attached hydrogens (tertiary/aromatic N) is 1. The van der Waals surface area contributed by atoms with Crippen molar-refractivity contribution in [2.45, 2.75) is 0 Å². The molecule has 2 aliphatic heterocycles. The molecule has 1 N–H and O–H groups in total. The number of nitrogens with one attached hydrogen (secondary N) is 1. The molecule has 0 spiro atoms. The monoisotopic (exact) mass is 496 g/mol. The summed E-state index contributed by atoms with van der Waals surface area (Å²) >= 11 is 7.02. The minimum Gasteiger partial charge on any atom is -0.454 e. The molecule has 0 bridgehead atoms. The Balaban J connectivity index is 1.19. The molecule has 3 amide bonds. The molecule has 0 saturated carbocycles. The van der Waals surface area contributed by atoms with E-state index in [0.29, 0.717) is 32.8 Å². The van der Waals surface area contributed by atoms with Crippen LogP contribution >= 0.6 is 23.4 Å². The van der Waals surface area contributed by atoms with Crippen LogP contribution in [0.2, 0.25) is 5.02 Å². The van der Waals surface area contributed by atoms with Gasteiger partial charge >= 0.3 is 0 Å². The van der Waals surface area contributed by atoms with Gasteiger partial charge in [-0.1, -0.05) is 29.8 Å². The van der Waals surface area contributed by atoms with E-state index in [-0.39, 0.29) is 25.6 Å². The number of hydrogen-bond donors (Lipinski definition) is 1. The third-order valence-corrected chi connectivity index (χ3v) is 6.40. The van der Waals surface area contributed by atoms with Crippen molar-refractivity contribution in [2.75, 3.05) is 19.9 Å². The third kappa shape index (κ3) is 4.40. The van der Waals surface area contributed by atoms with Crippen LogP contribution in [-0.4, -0.2) is 41.8 Å². The molecule has 2 aliphatic rings. The molecule has 0 aliphatic carbocycles. The average Bonchev–Trinajstić information content (AvgIpc) is 3.55. The number of carbonyl (C=O) groups is 3. The van der Waals surface area contributed by atoms with Gasteiger partial charge in [0.05, 0.1) is 9.93 Å². The van der Waals surface area contributed by atoms with Crippen molar-refractivity contribution in [1.82, 2.24) is 10.2 Å². The van der Waals surface area contributed by atoms with Crippen molar-refractivity contribution in [3.05, 3.63) is 75.8 Å². The fraction of sp³-hybridized carbons (Fsp3) is 0.125. The molecule has 5 rings (SSSR count). The van der Waals surface area contributed by atoms with Gasteiger partial charge in [0.2, 0.25) is 6.79 Å². The molecule has 0 unspecified atom stereocenters. The van der Waals surface area contributed by atoms with E-state index in [4.69, 9.17) is 25.5 Å². The summed E-state index contributed by atoms with van der Waals surface area (Å²) < 4.78 is 16.2. The lowest BCUT2D eigenvalue weighted by Gasteiger charge is -2.12. The quantitative estimate of drug-likeness (QED) is 0.490. The minimum absolute atomic E-state index is 0.0347. The van der Waals surface area contributed by atoms with Gasteiger partial charge in [-0.3, -0.25) is 19.3 Å². The normalized spacial score (nSPS) is 15.9. The molecular weight excluding hydrogens is 480 g/mol. The first-order valence-corrected chi connectivity index (χ1v) is 11.5. The molecule has 2 aromatic carbocycles. The summed E-state index contributed by atoms with van der Waals surface area (Å²) in [5.41, 5.74) is 1.39. The highest BCUT2D eigenvalue weighted by molar-refractivity contribution is 8.18. The van der Waals surface area contributed by atoms with Crippen molar-refractivity contribution in [1.29, 1.82) is 0 Å². The van der Waals surface area contributed by atoms with E-state index in [1.807, 2.05) is 6.07 Å². The maximum absolute atomic E-state index is 12.7. The summed E-state index contributed by atoms with van der Waals surface area (Å²) in [5, 5.41) is 2.78. The Bertz CT molecular complexity index is 1330. The van der Waals surface area contributed by atoms with Crippen LogP contribution in [0, 0.1) is 0 Å². The summed E-state index contributed by atoms with van der Waals surface area (Å²) in [6.45, 7) is 0.267. The lowest BCUT2D eigenvalue weighted by atomic mass is 10.2. The van der Waals surface area contributed by atoms with E-state index in [2.05, 4.69) is 5.32 Å². The maximum atomic E-state index is 12.7. The topological polar surface area (TPSA) is 98.1 Å². The van der Waals surface area contributed by atoms with Gasteiger partial charge in [0.1, 0.15) is 5.76 Å². The first-order chi connectivity index (χ1) is 16.5. The van der Waals surface area contributed by atoms with E-state index in [0.717, 1.165) is 22.2 Å². The number of imide groups is 1. The average molecular weight is 497 g/mol. The Morgan fingerprint density at radius 3 is 2.76 bits per heavy atom. The molecule has 1 fully saturated rings. The lowest BCUT2D eigenvalue weighted by Crippen LogP contribution is -2.37. The SMILES string of the molecule is O=C(NCCN1C(=O)S/C(=C\c2ccc3c(c2)OCO3)C1=O)c1ccc(-c2ccccc2Cl)o1. The van der Waals surface area contributed by atoms with Crippen molar-refractivity contribution in [3.8, 4) is 22.8 Å². The Morgan fingerprint density at radius 1 is 1.09 bits per heavy atom. The van der Waals surface area contributed by atoms with Gasteiger partial charge < -0.3 is 19.2 Å². The van der Waals surface area contributed by atoms with E-state index in [9.17, 15) is 14.4 Å². The molecule has 1 saturated heterocycles. The van der Waals surface area contributed by atoms with Crippen molar-refractivity contribution in [3.63, 3.8) is 0 Å². The highest BCUT2D eigenvalue weighted by Crippen LogP contribution is 2.36. The second-order valence-corrected chi connectivity index (χ2v) is 8.75. The number of thioether (sulfide) groups is 1. The van der Waals surface area contributed by atoms with Gasteiger partial charge in [-0.05, 0) is 59.8 Å². The number of halogens is 1. The van der Waals surface area contributed by atoms with E-state index < -0.39 is 17.1 Å². The summed E-state index contributed by atoms with van der Waals surface area (Å²) in [5.74, 6) is 0.923. The number of ether oxygens (including phenoxy) is 2. The number of hydrogen-bond acceptors (Lipinski definition) is 7. The molecular formula is C24H17ClN2O6S. The van der Waals surface area contributed by atoms with Crippen LogP contribution in [0.1, 0.15) is 16.1 Å². The highest BCUT2D eigenvalue weighted by Gasteiger charge is 2.34. The molecule has 10 heteroatoms. The number of fused-ring (bicyclic) bond motifs is 1. The van der Waals surface area contributed by atoms with Gasteiger partial charge in [0.25, 0.3) is 17.1 Å². The van der Waals surface area contributed by atoms with Gasteiger partial charge in [-0.2, -0.15) is 0 Å². The zero-order valence-corrected chi connectivity index (χ0v) is 19.2. The number of carbonyl (C=O) groups excluding carboxylic acids is 3. The molecule has 8 nitrogen and oxygen atoms in total. The zero-order valence-electron chi connectivity index (χ0n) is 17.6. The maximum Gasteiger partial charge on any atom is 0.293 e. The van der Waals surface area contributed by atoms with Gasteiger partial charge in [0, 0.05) is 18.7 Å². The number of furan rings is 1. The molecule has 3 aromatic rings. The number of rotatable bonds is 6. The largest absolute Gasteiger partial charge is 0.454 e. The summed E-state index contributed by atoms with van der Waals surface area (Å²) in [4.78, 5) is 38.9. The van der Waals surface area contributed by atoms with Crippen LogP contribution in [0.15, 0.2) is 63.9 Å². The molecule has 1 aromatic heterocycles. The molecule has 0 atom stereocenters. The van der Waals surface area contributed by atoms with Gasteiger partial charge in [0.15, 0.2) is 17.3 Å². The zero-order chi connectivity index (χ0) is 23.7. The smallest absolute Gasteiger partial charge is 0.293 e. The lowest BCUT2D eigenvalue weighted by molar-refractivity contribution is -0.122. The Hall–Kier alpha value is -3.69. The van der Waals surface area contributed by atoms with E-state index in [1.165, 1.54) is 0 Å². The van der Waals surface area contributed by atoms with E-state index >= 15 is 0 Å². The standard InChI is InChI=1S/C24H17ClN2O6S/c25-16-4-2-1-3-15(16)17-7-8-19(33-17)22(28)26-9-10-27-23(29)21(34-24(27)30)12-14-5-6-18-20(11-14)32-13-31-18/h1-8,11-12H,9-10,13H2,(H,26,28)/b21-12-. The number of amides is 3. The van der Waals surface area contributed by atoms with Crippen LogP contribution in [0.5, 0.6) is 11.5 Å². The molecule has 34 heavy (non-hydrogen) atoms.